The first-order valence-corrected chi connectivity index (χ1v) is 7.85. The average Bonchev–Trinajstić information content (AvgIpc) is 2.86. The van der Waals surface area contributed by atoms with Gasteiger partial charge in [-0.25, -0.2) is 0 Å². The van der Waals surface area contributed by atoms with E-state index in [0.717, 1.165) is 38.4 Å². The van der Waals surface area contributed by atoms with Gasteiger partial charge in [0.2, 0.25) is 0 Å². The van der Waals surface area contributed by atoms with Crippen LogP contribution in [0.15, 0.2) is 0 Å². The largest absolute Gasteiger partial charge is 0.300 e. The van der Waals surface area contributed by atoms with Crippen LogP contribution in [0.3, 0.4) is 0 Å². The molecule has 0 radical (unpaired) electrons. The summed E-state index contributed by atoms with van der Waals surface area (Å²) in [5.41, 5.74) is 0. The number of hydrogen-bond donors (Lipinski definition) is 0. The van der Waals surface area contributed by atoms with Gasteiger partial charge < -0.3 is 4.90 Å². The molecular formula is C15H26N2O. The van der Waals surface area contributed by atoms with Crippen molar-refractivity contribution in [3.05, 3.63) is 0 Å². The average molecular weight is 250 g/mol. The maximum absolute atomic E-state index is 11.8. The number of piperidine rings is 2. The maximum Gasteiger partial charge on any atom is 0.149 e. The SMILES string of the molecule is O=C1CCCC1N1CCC(N2CCCCC2)CC1. The monoisotopic (exact) mass is 250 g/mol. The lowest BCUT2D eigenvalue weighted by Crippen LogP contribution is -2.50. The molecule has 3 rings (SSSR count). The fourth-order valence-corrected chi connectivity index (χ4v) is 4.03. The zero-order chi connectivity index (χ0) is 12.4. The molecule has 102 valence electrons. The van der Waals surface area contributed by atoms with Crippen molar-refractivity contribution in [1.29, 1.82) is 0 Å². The fraction of sp³-hybridized carbons (Fsp3) is 0.933. The number of rotatable bonds is 2. The van der Waals surface area contributed by atoms with E-state index in [1.54, 1.807) is 0 Å². The van der Waals surface area contributed by atoms with Crippen molar-refractivity contribution in [3.8, 4) is 0 Å². The summed E-state index contributed by atoms with van der Waals surface area (Å²) in [5, 5.41) is 0. The Morgan fingerprint density at radius 1 is 0.778 bits per heavy atom. The predicted octanol–water partition coefficient (Wildman–Crippen LogP) is 2.06. The van der Waals surface area contributed by atoms with Gasteiger partial charge in [-0.15, -0.1) is 0 Å². The molecule has 3 nitrogen and oxygen atoms in total. The lowest BCUT2D eigenvalue weighted by Gasteiger charge is -2.41. The lowest BCUT2D eigenvalue weighted by atomic mass is 9.98. The van der Waals surface area contributed by atoms with Gasteiger partial charge in [0.25, 0.3) is 0 Å². The molecule has 0 N–H and O–H groups in total. The molecule has 0 bridgehead atoms. The van der Waals surface area contributed by atoms with Crippen molar-refractivity contribution < 1.29 is 4.79 Å². The van der Waals surface area contributed by atoms with Gasteiger partial charge in [0.1, 0.15) is 5.78 Å². The van der Waals surface area contributed by atoms with E-state index in [4.69, 9.17) is 0 Å². The van der Waals surface area contributed by atoms with Gasteiger partial charge >= 0.3 is 0 Å². The van der Waals surface area contributed by atoms with E-state index < -0.39 is 0 Å². The molecule has 0 spiro atoms. The molecule has 0 aromatic heterocycles. The summed E-state index contributed by atoms with van der Waals surface area (Å²) in [6.07, 6.45) is 9.83. The van der Waals surface area contributed by atoms with Gasteiger partial charge in [0.15, 0.2) is 0 Å². The topological polar surface area (TPSA) is 23.6 Å². The highest BCUT2D eigenvalue weighted by atomic mass is 16.1. The van der Waals surface area contributed by atoms with Crippen LogP contribution < -0.4 is 0 Å². The summed E-state index contributed by atoms with van der Waals surface area (Å²) < 4.78 is 0. The van der Waals surface area contributed by atoms with Crippen LogP contribution in [0.25, 0.3) is 0 Å². The van der Waals surface area contributed by atoms with Crippen LogP contribution in [0.1, 0.15) is 51.4 Å². The Balaban J connectivity index is 1.49. The Morgan fingerprint density at radius 2 is 1.50 bits per heavy atom. The van der Waals surface area contributed by atoms with Crippen molar-refractivity contribution >= 4 is 5.78 Å². The highest BCUT2D eigenvalue weighted by Gasteiger charge is 2.33. The molecule has 1 unspecified atom stereocenters. The molecule has 3 heteroatoms. The van der Waals surface area contributed by atoms with Crippen molar-refractivity contribution in [3.63, 3.8) is 0 Å². The minimum atomic E-state index is 0.285. The zero-order valence-electron chi connectivity index (χ0n) is 11.4. The van der Waals surface area contributed by atoms with Gasteiger partial charge in [-0.05, 0) is 51.6 Å². The van der Waals surface area contributed by atoms with Crippen LogP contribution >= 0.6 is 0 Å². The molecule has 2 aliphatic heterocycles. The number of Topliss-reactive ketones (excluding diaryl/α,β-unsaturated/α-hetero) is 1. The number of likely N-dealkylation sites (tertiary alicyclic amines) is 2. The molecule has 0 aromatic carbocycles. The van der Waals surface area contributed by atoms with Crippen LogP contribution in [-0.4, -0.2) is 53.8 Å². The molecule has 2 heterocycles. The van der Waals surface area contributed by atoms with Gasteiger partial charge in [0, 0.05) is 25.6 Å². The summed E-state index contributed by atoms with van der Waals surface area (Å²) in [6.45, 7) is 4.93. The molecule has 3 fully saturated rings. The van der Waals surface area contributed by atoms with E-state index in [1.807, 2.05) is 0 Å². The van der Waals surface area contributed by atoms with Crippen LogP contribution in [-0.2, 0) is 4.79 Å². The van der Waals surface area contributed by atoms with Crippen molar-refractivity contribution in [2.45, 2.75) is 63.5 Å². The second-order valence-corrected chi connectivity index (χ2v) is 6.24. The van der Waals surface area contributed by atoms with Gasteiger partial charge in [-0.1, -0.05) is 6.42 Å². The first-order valence-electron chi connectivity index (χ1n) is 7.85. The Labute approximate surface area is 111 Å². The molecule has 2 saturated heterocycles. The first kappa shape index (κ1) is 12.6. The fourth-order valence-electron chi connectivity index (χ4n) is 4.03. The van der Waals surface area contributed by atoms with E-state index in [0.29, 0.717) is 5.78 Å². The van der Waals surface area contributed by atoms with Crippen LogP contribution in [0.4, 0.5) is 0 Å². The normalized spacial score (nSPS) is 33.1. The third kappa shape index (κ3) is 2.62. The van der Waals surface area contributed by atoms with E-state index >= 15 is 0 Å². The highest BCUT2D eigenvalue weighted by Crippen LogP contribution is 2.26. The van der Waals surface area contributed by atoms with E-state index in [1.165, 1.54) is 45.2 Å². The minimum absolute atomic E-state index is 0.285. The van der Waals surface area contributed by atoms with Crippen molar-refractivity contribution in [2.75, 3.05) is 26.2 Å². The number of nitrogens with zero attached hydrogens (tertiary/aromatic N) is 2. The smallest absolute Gasteiger partial charge is 0.149 e. The van der Waals surface area contributed by atoms with Gasteiger partial charge in [-0.3, -0.25) is 9.69 Å². The van der Waals surface area contributed by atoms with Crippen LogP contribution in [0.5, 0.6) is 0 Å². The molecule has 1 atom stereocenters. The number of ketones is 1. The van der Waals surface area contributed by atoms with Gasteiger partial charge in [0.05, 0.1) is 6.04 Å². The molecule has 0 amide bonds. The number of hydrogen-bond acceptors (Lipinski definition) is 3. The molecule has 1 aliphatic carbocycles. The summed E-state index contributed by atoms with van der Waals surface area (Å²) in [5.74, 6) is 0.506. The lowest BCUT2D eigenvalue weighted by molar-refractivity contribution is -0.122. The van der Waals surface area contributed by atoms with E-state index in [-0.39, 0.29) is 6.04 Å². The summed E-state index contributed by atoms with van der Waals surface area (Å²) in [7, 11) is 0. The Hall–Kier alpha value is -0.410. The molecule has 18 heavy (non-hydrogen) atoms. The summed E-state index contributed by atoms with van der Waals surface area (Å²) in [6, 6.07) is 1.09. The predicted molar refractivity (Wildman–Crippen MR) is 72.7 cm³/mol. The van der Waals surface area contributed by atoms with Crippen molar-refractivity contribution in [2.24, 2.45) is 0 Å². The minimum Gasteiger partial charge on any atom is -0.300 e. The first-order chi connectivity index (χ1) is 8.84. The third-order valence-corrected chi connectivity index (χ3v) is 5.12. The Morgan fingerprint density at radius 3 is 2.11 bits per heavy atom. The van der Waals surface area contributed by atoms with E-state index in [2.05, 4.69) is 9.80 Å². The maximum atomic E-state index is 11.8. The number of carbonyl (C=O) groups is 1. The second kappa shape index (κ2) is 5.70. The zero-order valence-corrected chi connectivity index (χ0v) is 11.4. The standard InChI is InChI=1S/C15H26N2O/c18-15-6-4-5-14(15)17-11-7-13(8-12-17)16-9-2-1-3-10-16/h13-14H,1-12H2. The molecule has 0 aromatic rings. The second-order valence-electron chi connectivity index (χ2n) is 6.24. The summed E-state index contributed by atoms with van der Waals surface area (Å²) in [4.78, 5) is 17.0. The van der Waals surface area contributed by atoms with Crippen molar-refractivity contribution in [1.82, 2.24) is 9.80 Å². The quantitative estimate of drug-likeness (QED) is 0.749. The number of carbonyl (C=O) groups excluding carboxylic acids is 1. The third-order valence-electron chi connectivity index (χ3n) is 5.12. The summed E-state index contributed by atoms with van der Waals surface area (Å²) >= 11 is 0. The van der Waals surface area contributed by atoms with E-state index in [9.17, 15) is 4.79 Å². The molecular weight excluding hydrogens is 224 g/mol. The Bertz CT molecular complexity index is 291. The highest BCUT2D eigenvalue weighted by molar-refractivity contribution is 5.85. The molecule has 3 aliphatic rings. The molecule has 1 saturated carbocycles. The van der Waals surface area contributed by atoms with Gasteiger partial charge in [-0.2, -0.15) is 0 Å². The Kier molecular flexibility index (Phi) is 4.00. The van der Waals surface area contributed by atoms with Crippen LogP contribution in [0, 0.1) is 0 Å². The van der Waals surface area contributed by atoms with Crippen LogP contribution in [0.2, 0.25) is 0 Å².